The van der Waals surface area contributed by atoms with Crippen LogP contribution in [0.25, 0.3) is 0 Å². The van der Waals surface area contributed by atoms with E-state index >= 15 is 0 Å². The minimum Gasteiger partial charge on any atom is -0.303 e. The van der Waals surface area contributed by atoms with Gasteiger partial charge in [0.05, 0.1) is 11.5 Å². The molecule has 1 unspecified atom stereocenters. The van der Waals surface area contributed by atoms with Crippen molar-refractivity contribution in [1.82, 2.24) is 4.90 Å². The first-order valence-electron chi connectivity index (χ1n) is 7.21. The number of piperidine rings is 1. The van der Waals surface area contributed by atoms with Gasteiger partial charge in [0.1, 0.15) is 0 Å². The van der Waals surface area contributed by atoms with E-state index in [1.54, 1.807) is 0 Å². The van der Waals surface area contributed by atoms with Crippen LogP contribution < -0.4 is 0 Å². The topological polar surface area (TPSA) is 27.0 Å². The maximum absolute atomic E-state index is 8.95. The molecule has 1 heterocycles. The van der Waals surface area contributed by atoms with Crippen LogP contribution in [0.15, 0.2) is 0 Å². The first-order valence-corrected chi connectivity index (χ1v) is 7.21. The molecule has 0 N–H and O–H groups in total. The van der Waals surface area contributed by atoms with Crippen LogP contribution in [0.4, 0.5) is 0 Å². The van der Waals surface area contributed by atoms with Gasteiger partial charge in [0, 0.05) is 6.54 Å². The lowest BCUT2D eigenvalue weighted by Crippen LogP contribution is -2.35. The average molecular weight is 236 g/mol. The lowest BCUT2D eigenvalue weighted by Gasteiger charge is -2.32. The van der Waals surface area contributed by atoms with Gasteiger partial charge in [0.2, 0.25) is 0 Å². The van der Waals surface area contributed by atoms with Crippen LogP contribution in [0, 0.1) is 22.7 Å². The smallest absolute Gasteiger partial charge is 0.0683 e. The molecular weight excluding hydrogens is 208 g/mol. The van der Waals surface area contributed by atoms with Gasteiger partial charge in [-0.3, -0.25) is 0 Å². The molecule has 1 rings (SSSR count). The molecule has 17 heavy (non-hydrogen) atoms. The van der Waals surface area contributed by atoms with Gasteiger partial charge in [-0.2, -0.15) is 5.26 Å². The van der Waals surface area contributed by atoms with Crippen LogP contribution in [0.1, 0.15) is 59.3 Å². The van der Waals surface area contributed by atoms with E-state index in [1.165, 1.54) is 51.7 Å². The van der Waals surface area contributed by atoms with Crippen molar-refractivity contribution in [3.8, 4) is 6.07 Å². The SMILES string of the molecule is CCC1CCCN(CCCCC(C)(C)C#N)C1. The standard InChI is InChI=1S/C15H28N2/c1-4-14-8-7-11-17(12-14)10-6-5-9-15(2,3)13-16/h14H,4-12H2,1-3H3. The minimum atomic E-state index is -0.131. The molecule has 0 saturated carbocycles. The predicted molar refractivity (Wildman–Crippen MR) is 72.7 cm³/mol. The van der Waals surface area contributed by atoms with Crippen LogP contribution in [0.2, 0.25) is 0 Å². The van der Waals surface area contributed by atoms with Gasteiger partial charge < -0.3 is 4.90 Å². The Bertz CT molecular complexity index is 252. The summed E-state index contributed by atoms with van der Waals surface area (Å²) in [5.41, 5.74) is -0.131. The van der Waals surface area contributed by atoms with Gasteiger partial charge in [-0.05, 0) is 58.5 Å². The molecule has 0 amide bonds. The number of likely N-dealkylation sites (tertiary alicyclic amines) is 1. The van der Waals surface area contributed by atoms with Crippen LogP contribution in [0.3, 0.4) is 0 Å². The van der Waals surface area contributed by atoms with E-state index in [2.05, 4.69) is 17.9 Å². The summed E-state index contributed by atoms with van der Waals surface area (Å²) in [5.74, 6) is 0.930. The summed E-state index contributed by atoms with van der Waals surface area (Å²) in [5, 5.41) is 8.95. The summed E-state index contributed by atoms with van der Waals surface area (Å²) in [6.07, 6.45) is 7.61. The zero-order valence-corrected chi connectivity index (χ0v) is 11.8. The minimum absolute atomic E-state index is 0.131. The molecule has 1 saturated heterocycles. The molecule has 0 aromatic heterocycles. The van der Waals surface area contributed by atoms with E-state index in [-0.39, 0.29) is 5.41 Å². The summed E-state index contributed by atoms with van der Waals surface area (Å²) in [6, 6.07) is 2.38. The van der Waals surface area contributed by atoms with Crippen LogP contribution in [-0.2, 0) is 0 Å². The quantitative estimate of drug-likeness (QED) is 0.655. The van der Waals surface area contributed by atoms with Crippen molar-refractivity contribution < 1.29 is 0 Å². The van der Waals surface area contributed by atoms with E-state index < -0.39 is 0 Å². The maximum Gasteiger partial charge on any atom is 0.0683 e. The van der Waals surface area contributed by atoms with E-state index in [0.717, 1.165) is 12.3 Å². The van der Waals surface area contributed by atoms with Crippen LogP contribution >= 0.6 is 0 Å². The zero-order valence-electron chi connectivity index (χ0n) is 11.8. The van der Waals surface area contributed by atoms with Gasteiger partial charge in [-0.1, -0.05) is 19.8 Å². The molecule has 1 aliphatic rings. The number of nitrogens with zero attached hydrogens (tertiary/aromatic N) is 2. The Balaban J connectivity index is 2.12. The van der Waals surface area contributed by atoms with Crippen molar-refractivity contribution in [1.29, 1.82) is 5.26 Å². The second kappa shape index (κ2) is 7.01. The van der Waals surface area contributed by atoms with Crippen molar-refractivity contribution >= 4 is 0 Å². The molecule has 0 aromatic carbocycles. The first kappa shape index (κ1) is 14.5. The number of rotatable bonds is 6. The second-order valence-corrected chi connectivity index (χ2v) is 6.17. The highest BCUT2D eigenvalue weighted by atomic mass is 15.1. The van der Waals surface area contributed by atoms with E-state index in [4.69, 9.17) is 5.26 Å². The third-order valence-corrected chi connectivity index (χ3v) is 4.01. The molecule has 1 fully saturated rings. The van der Waals surface area contributed by atoms with E-state index in [0.29, 0.717) is 0 Å². The van der Waals surface area contributed by atoms with Crippen molar-refractivity contribution in [3.63, 3.8) is 0 Å². The van der Waals surface area contributed by atoms with Crippen molar-refractivity contribution in [2.45, 2.75) is 59.3 Å². The molecular formula is C15H28N2. The van der Waals surface area contributed by atoms with Gasteiger partial charge in [-0.25, -0.2) is 0 Å². The van der Waals surface area contributed by atoms with E-state index in [1.807, 2.05) is 13.8 Å². The van der Waals surface area contributed by atoms with Crippen molar-refractivity contribution in [2.75, 3.05) is 19.6 Å². The highest BCUT2D eigenvalue weighted by Crippen LogP contribution is 2.23. The highest BCUT2D eigenvalue weighted by Gasteiger charge is 2.19. The summed E-state index contributed by atoms with van der Waals surface area (Å²) in [7, 11) is 0. The molecule has 0 aliphatic carbocycles. The van der Waals surface area contributed by atoms with Gasteiger partial charge in [0.25, 0.3) is 0 Å². The predicted octanol–water partition coefficient (Wildman–Crippen LogP) is 3.83. The fraction of sp³-hybridized carbons (Fsp3) is 0.933. The molecule has 0 bridgehead atoms. The number of hydrogen-bond acceptors (Lipinski definition) is 2. The molecule has 0 spiro atoms. The molecule has 1 atom stereocenters. The van der Waals surface area contributed by atoms with Gasteiger partial charge in [-0.15, -0.1) is 0 Å². The highest BCUT2D eigenvalue weighted by molar-refractivity contribution is 4.91. The van der Waals surface area contributed by atoms with Crippen molar-refractivity contribution in [2.24, 2.45) is 11.3 Å². The Hall–Kier alpha value is -0.550. The number of unbranched alkanes of at least 4 members (excludes halogenated alkanes) is 1. The number of nitriles is 1. The third-order valence-electron chi connectivity index (χ3n) is 4.01. The number of hydrogen-bond donors (Lipinski definition) is 0. The van der Waals surface area contributed by atoms with E-state index in [9.17, 15) is 0 Å². The first-order chi connectivity index (χ1) is 8.07. The lowest BCUT2D eigenvalue weighted by molar-refractivity contribution is 0.167. The fourth-order valence-electron chi connectivity index (χ4n) is 2.65. The molecule has 1 aliphatic heterocycles. The van der Waals surface area contributed by atoms with Gasteiger partial charge >= 0.3 is 0 Å². The molecule has 0 aromatic rings. The summed E-state index contributed by atoms with van der Waals surface area (Å²) >= 11 is 0. The van der Waals surface area contributed by atoms with Crippen LogP contribution in [-0.4, -0.2) is 24.5 Å². The average Bonchev–Trinajstić information content (AvgIpc) is 2.35. The summed E-state index contributed by atoms with van der Waals surface area (Å²) in [4.78, 5) is 2.62. The largest absolute Gasteiger partial charge is 0.303 e. The van der Waals surface area contributed by atoms with Crippen molar-refractivity contribution in [3.05, 3.63) is 0 Å². The third kappa shape index (κ3) is 5.55. The normalized spacial score (nSPS) is 22.4. The van der Waals surface area contributed by atoms with Gasteiger partial charge in [0.15, 0.2) is 0 Å². The zero-order chi connectivity index (χ0) is 12.7. The molecule has 0 radical (unpaired) electrons. The Morgan fingerprint density at radius 2 is 2.12 bits per heavy atom. The summed E-state index contributed by atoms with van der Waals surface area (Å²) < 4.78 is 0. The Labute approximate surface area is 107 Å². The molecule has 98 valence electrons. The Morgan fingerprint density at radius 3 is 2.76 bits per heavy atom. The molecule has 2 heteroatoms. The van der Waals surface area contributed by atoms with Crippen LogP contribution in [0.5, 0.6) is 0 Å². The monoisotopic (exact) mass is 236 g/mol. The fourth-order valence-corrected chi connectivity index (χ4v) is 2.65. The Kier molecular flexibility index (Phi) is 5.98. The summed E-state index contributed by atoms with van der Waals surface area (Å²) in [6.45, 7) is 10.2. The lowest BCUT2D eigenvalue weighted by atomic mass is 9.89. The Morgan fingerprint density at radius 1 is 1.35 bits per heavy atom. The maximum atomic E-state index is 8.95. The molecule has 2 nitrogen and oxygen atoms in total. The second-order valence-electron chi connectivity index (χ2n) is 6.17.